The second-order valence-electron chi connectivity index (χ2n) is 4.42. The molecule has 2 heterocycles. The highest BCUT2D eigenvalue weighted by Gasteiger charge is 1.99. The number of aromatic amines is 1. The number of hydrogen-bond donors (Lipinski definition) is 1. The van der Waals surface area contributed by atoms with Crippen LogP contribution in [0.15, 0.2) is 16.7 Å². The topological polar surface area (TPSA) is 41.8 Å². The molecule has 0 saturated carbocycles. The summed E-state index contributed by atoms with van der Waals surface area (Å²) in [7, 11) is 0. The van der Waals surface area contributed by atoms with Gasteiger partial charge in [0.05, 0.1) is 11.6 Å². The lowest BCUT2D eigenvalue weighted by molar-refractivity contribution is 0.531. The summed E-state index contributed by atoms with van der Waals surface area (Å²) < 4.78 is 5.49. The van der Waals surface area contributed by atoms with Crippen LogP contribution >= 0.6 is 0 Å². The molecule has 3 heteroatoms. The maximum Gasteiger partial charge on any atom is 0.161 e. The number of rotatable bonds is 4. The van der Waals surface area contributed by atoms with E-state index in [4.69, 9.17) is 4.42 Å². The number of unbranched alkanes of at least 4 members (excludes halogenated alkanes) is 2. The molecular formula is C15H20N2O. The molecular weight excluding hydrogens is 224 g/mol. The van der Waals surface area contributed by atoms with Crippen molar-refractivity contribution in [3.63, 3.8) is 0 Å². The third-order valence-electron chi connectivity index (χ3n) is 2.98. The van der Waals surface area contributed by atoms with E-state index >= 15 is 0 Å². The molecule has 0 aromatic carbocycles. The van der Waals surface area contributed by atoms with E-state index in [0.29, 0.717) is 0 Å². The molecule has 18 heavy (non-hydrogen) atoms. The number of aromatic nitrogens is 2. The van der Waals surface area contributed by atoms with E-state index in [1.165, 1.54) is 12.8 Å². The molecule has 1 N–H and O–H groups in total. The van der Waals surface area contributed by atoms with E-state index < -0.39 is 0 Å². The van der Waals surface area contributed by atoms with Crippen molar-refractivity contribution in [2.24, 2.45) is 0 Å². The standard InChI is InChI=1S/C15H20N2O/c1-4-6-7-8-12-14(17-13(5-2)16-12)15-11(3)9-10-18-15/h8-10H,3-7H2,1-2H3,(H,16,17)/b12-8+,15-14-. The summed E-state index contributed by atoms with van der Waals surface area (Å²) in [6.07, 6.45) is 8.20. The molecule has 0 amide bonds. The first-order valence-corrected chi connectivity index (χ1v) is 6.58. The highest BCUT2D eigenvalue weighted by Crippen LogP contribution is 1.96. The van der Waals surface area contributed by atoms with Gasteiger partial charge in [0.25, 0.3) is 0 Å². The molecule has 2 rings (SSSR count). The number of H-pyrrole nitrogens is 1. The smallest absolute Gasteiger partial charge is 0.161 e. The van der Waals surface area contributed by atoms with E-state index in [1.807, 2.05) is 6.07 Å². The maximum atomic E-state index is 5.49. The normalized spacial score (nSPS) is 14.2. The maximum absolute atomic E-state index is 5.49. The molecule has 0 atom stereocenters. The molecule has 3 nitrogen and oxygen atoms in total. The molecule has 0 saturated heterocycles. The summed E-state index contributed by atoms with van der Waals surface area (Å²) in [4.78, 5) is 7.94. The molecule has 2 aromatic rings. The molecule has 0 fully saturated rings. The van der Waals surface area contributed by atoms with E-state index in [2.05, 4.69) is 36.5 Å². The fraction of sp³-hybridized carbons (Fsp3) is 0.400. The molecule has 0 aliphatic heterocycles. The van der Waals surface area contributed by atoms with E-state index in [1.54, 1.807) is 6.26 Å². The van der Waals surface area contributed by atoms with Gasteiger partial charge in [0.1, 0.15) is 11.2 Å². The second kappa shape index (κ2) is 5.71. The van der Waals surface area contributed by atoms with Crippen LogP contribution < -0.4 is 10.6 Å². The van der Waals surface area contributed by atoms with Gasteiger partial charge in [0, 0.05) is 11.6 Å². The Hall–Kier alpha value is -1.77. The molecule has 0 spiro atoms. The number of hydrogen-bond acceptors (Lipinski definition) is 2. The lowest BCUT2D eigenvalue weighted by Gasteiger charge is -1.86. The van der Waals surface area contributed by atoms with Gasteiger partial charge in [0.15, 0.2) is 5.42 Å². The Kier molecular flexibility index (Phi) is 4.03. The first kappa shape index (κ1) is 12.7. The Bertz CT molecular complexity index is 694. The molecule has 0 bridgehead atoms. The zero-order valence-electron chi connectivity index (χ0n) is 11.1. The Labute approximate surface area is 107 Å². The van der Waals surface area contributed by atoms with Crippen molar-refractivity contribution >= 4 is 12.7 Å². The molecule has 0 aliphatic carbocycles. The zero-order chi connectivity index (χ0) is 13.0. The van der Waals surface area contributed by atoms with Gasteiger partial charge in [-0.15, -0.1) is 0 Å². The number of imidazole rings is 1. The van der Waals surface area contributed by atoms with Crippen molar-refractivity contribution in [2.75, 3.05) is 0 Å². The summed E-state index contributed by atoms with van der Waals surface area (Å²) in [5, 5.41) is 2.83. The predicted octanol–water partition coefficient (Wildman–Crippen LogP) is 2.23. The van der Waals surface area contributed by atoms with Crippen molar-refractivity contribution < 1.29 is 4.42 Å². The summed E-state index contributed by atoms with van der Waals surface area (Å²) in [6.45, 7) is 8.25. The first-order chi connectivity index (χ1) is 8.76. The lowest BCUT2D eigenvalue weighted by Crippen LogP contribution is -2.06. The summed E-state index contributed by atoms with van der Waals surface area (Å²) >= 11 is 0. The number of nitrogens with one attached hydrogen (secondary N) is 1. The molecule has 0 unspecified atom stereocenters. The first-order valence-electron chi connectivity index (χ1n) is 6.58. The van der Waals surface area contributed by atoms with Crippen LogP contribution in [0.4, 0.5) is 0 Å². The Morgan fingerprint density at radius 1 is 1.44 bits per heavy atom. The molecule has 0 aliphatic rings. The van der Waals surface area contributed by atoms with Crippen LogP contribution in [-0.2, 0) is 6.42 Å². The average molecular weight is 244 g/mol. The lowest BCUT2D eigenvalue weighted by atomic mass is 10.2. The fourth-order valence-corrected chi connectivity index (χ4v) is 1.92. The van der Waals surface area contributed by atoms with Crippen molar-refractivity contribution in [3.05, 3.63) is 39.5 Å². The largest absolute Gasteiger partial charge is 0.462 e. The Morgan fingerprint density at radius 2 is 2.28 bits per heavy atom. The SMILES string of the molecule is C=c1cco/c1=c1\nc(CC)[nH]\c1=C\CCCC. The summed E-state index contributed by atoms with van der Waals surface area (Å²) in [5.74, 6) is 0.989. The van der Waals surface area contributed by atoms with Crippen molar-refractivity contribution in [2.45, 2.75) is 39.5 Å². The van der Waals surface area contributed by atoms with Crippen LogP contribution in [0.2, 0.25) is 0 Å². The molecule has 0 radical (unpaired) electrons. The van der Waals surface area contributed by atoms with Crippen LogP contribution in [-0.4, -0.2) is 9.97 Å². The van der Waals surface area contributed by atoms with Gasteiger partial charge in [-0.2, -0.15) is 0 Å². The van der Waals surface area contributed by atoms with Gasteiger partial charge < -0.3 is 9.40 Å². The van der Waals surface area contributed by atoms with Gasteiger partial charge in [-0.3, -0.25) is 0 Å². The third kappa shape index (κ3) is 2.55. The zero-order valence-corrected chi connectivity index (χ0v) is 11.1. The van der Waals surface area contributed by atoms with Gasteiger partial charge >= 0.3 is 0 Å². The molecule has 96 valence electrons. The molecule has 2 aromatic heterocycles. The van der Waals surface area contributed by atoms with Crippen molar-refractivity contribution in [1.82, 2.24) is 9.97 Å². The van der Waals surface area contributed by atoms with Crippen molar-refractivity contribution in [3.8, 4) is 0 Å². The number of furan rings is 1. The van der Waals surface area contributed by atoms with Gasteiger partial charge in [0.2, 0.25) is 0 Å². The average Bonchev–Trinajstić information content (AvgIpc) is 2.95. The quantitative estimate of drug-likeness (QED) is 0.838. The Morgan fingerprint density at radius 3 is 2.89 bits per heavy atom. The minimum Gasteiger partial charge on any atom is -0.462 e. The van der Waals surface area contributed by atoms with Crippen LogP contribution in [0.3, 0.4) is 0 Å². The van der Waals surface area contributed by atoms with Crippen molar-refractivity contribution in [1.29, 1.82) is 0 Å². The van der Waals surface area contributed by atoms with Gasteiger partial charge in [-0.05, 0) is 18.9 Å². The second-order valence-corrected chi connectivity index (χ2v) is 4.42. The summed E-state index contributed by atoms with van der Waals surface area (Å²) in [5.41, 5.74) is 0.772. The van der Waals surface area contributed by atoms with Gasteiger partial charge in [-0.25, -0.2) is 4.98 Å². The number of nitrogens with zero attached hydrogens (tertiary/aromatic N) is 1. The minimum atomic E-state index is 0.772. The van der Waals surface area contributed by atoms with Crippen LogP contribution in [0.25, 0.3) is 12.7 Å². The fourth-order valence-electron chi connectivity index (χ4n) is 1.92. The van der Waals surface area contributed by atoms with E-state index in [-0.39, 0.29) is 0 Å². The van der Waals surface area contributed by atoms with E-state index in [9.17, 15) is 0 Å². The summed E-state index contributed by atoms with van der Waals surface area (Å²) in [6, 6.07) is 1.87. The van der Waals surface area contributed by atoms with Gasteiger partial charge in [-0.1, -0.05) is 32.9 Å². The number of aryl methyl sites for hydroxylation is 1. The van der Waals surface area contributed by atoms with E-state index in [0.717, 1.165) is 40.0 Å². The Balaban J connectivity index is 2.68. The minimum absolute atomic E-state index is 0.772. The van der Waals surface area contributed by atoms with Crippen LogP contribution in [0.5, 0.6) is 0 Å². The monoisotopic (exact) mass is 244 g/mol. The van der Waals surface area contributed by atoms with Crippen LogP contribution in [0, 0.1) is 10.8 Å². The predicted molar refractivity (Wildman–Crippen MR) is 73.1 cm³/mol. The third-order valence-corrected chi connectivity index (χ3v) is 2.98. The highest BCUT2D eigenvalue weighted by atomic mass is 16.3. The highest BCUT2D eigenvalue weighted by molar-refractivity contribution is 5.20. The van der Waals surface area contributed by atoms with Crippen LogP contribution in [0.1, 0.15) is 38.9 Å².